The second-order valence-electron chi connectivity index (χ2n) is 6.08. The van der Waals surface area contributed by atoms with Crippen molar-refractivity contribution in [2.24, 2.45) is 0 Å². The Morgan fingerprint density at radius 3 is 2.55 bits per heavy atom. The van der Waals surface area contributed by atoms with Crippen LogP contribution >= 0.6 is 0 Å². The zero-order valence-corrected chi connectivity index (χ0v) is 13.8. The molecule has 0 amide bonds. The topological polar surface area (TPSA) is 24.5 Å². The third-order valence-corrected chi connectivity index (χ3v) is 4.95. The van der Waals surface area contributed by atoms with Crippen molar-refractivity contribution in [2.75, 3.05) is 33.4 Å². The van der Waals surface area contributed by atoms with Crippen molar-refractivity contribution in [3.05, 3.63) is 12.7 Å². The molecule has 1 aliphatic rings. The van der Waals surface area contributed by atoms with Crippen LogP contribution in [0.1, 0.15) is 52.4 Å². The number of morpholine rings is 1. The van der Waals surface area contributed by atoms with E-state index < -0.39 is 0 Å². The van der Waals surface area contributed by atoms with Crippen LogP contribution in [0.2, 0.25) is 0 Å². The summed E-state index contributed by atoms with van der Waals surface area (Å²) in [6.07, 6.45) is 9.52. The van der Waals surface area contributed by atoms with E-state index in [1.807, 2.05) is 6.08 Å². The summed E-state index contributed by atoms with van der Waals surface area (Å²) in [5, 5.41) is 3.58. The molecule has 1 aliphatic heterocycles. The third kappa shape index (κ3) is 4.87. The zero-order valence-electron chi connectivity index (χ0n) is 13.8. The van der Waals surface area contributed by atoms with Gasteiger partial charge in [0.2, 0.25) is 0 Å². The van der Waals surface area contributed by atoms with Gasteiger partial charge < -0.3 is 10.1 Å². The summed E-state index contributed by atoms with van der Waals surface area (Å²) in [6.45, 7) is 12.4. The lowest BCUT2D eigenvalue weighted by Crippen LogP contribution is -2.61. The number of hydrogen-bond donors (Lipinski definition) is 1. The SMILES string of the molecule is C=CCCCCCC(NC)C(C)(CC)N1CCOCC1. The number of ether oxygens (including phenoxy) is 1. The Morgan fingerprint density at radius 2 is 2.00 bits per heavy atom. The Hall–Kier alpha value is -0.380. The molecule has 1 N–H and O–H groups in total. The first-order valence-corrected chi connectivity index (χ1v) is 8.30. The highest BCUT2D eigenvalue weighted by atomic mass is 16.5. The lowest BCUT2D eigenvalue weighted by molar-refractivity contribution is -0.0327. The van der Waals surface area contributed by atoms with Crippen molar-refractivity contribution in [3.8, 4) is 0 Å². The minimum atomic E-state index is 0.247. The number of likely N-dealkylation sites (N-methyl/N-ethyl adjacent to an activating group) is 1. The highest BCUT2D eigenvalue weighted by molar-refractivity contribution is 4.96. The Bertz CT molecular complexity index is 264. The Kier molecular flexibility index (Phi) is 8.43. The first-order chi connectivity index (χ1) is 9.69. The highest BCUT2D eigenvalue weighted by Crippen LogP contribution is 2.28. The van der Waals surface area contributed by atoms with Crippen LogP contribution in [0.3, 0.4) is 0 Å². The molecule has 1 fully saturated rings. The molecule has 118 valence electrons. The monoisotopic (exact) mass is 282 g/mol. The summed E-state index contributed by atoms with van der Waals surface area (Å²) in [7, 11) is 2.11. The molecule has 0 spiro atoms. The standard InChI is InChI=1S/C17H34N2O/c1-5-7-8-9-10-11-16(18-4)17(3,6-2)19-12-14-20-15-13-19/h5,16,18H,1,6-15H2,2-4H3. The van der Waals surface area contributed by atoms with Gasteiger partial charge in [0.25, 0.3) is 0 Å². The predicted molar refractivity (Wildman–Crippen MR) is 87.2 cm³/mol. The van der Waals surface area contributed by atoms with Crippen LogP contribution in [0.4, 0.5) is 0 Å². The van der Waals surface area contributed by atoms with Crippen LogP contribution < -0.4 is 5.32 Å². The average Bonchev–Trinajstić information content (AvgIpc) is 2.51. The number of rotatable bonds is 10. The maximum Gasteiger partial charge on any atom is 0.0594 e. The van der Waals surface area contributed by atoms with Gasteiger partial charge in [-0.25, -0.2) is 0 Å². The lowest BCUT2D eigenvalue weighted by Gasteiger charge is -2.48. The zero-order chi connectivity index (χ0) is 14.8. The number of nitrogens with one attached hydrogen (secondary N) is 1. The van der Waals surface area contributed by atoms with Gasteiger partial charge in [0.05, 0.1) is 13.2 Å². The highest BCUT2D eigenvalue weighted by Gasteiger charge is 2.37. The number of nitrogens with zero attached hydrogens (tertiary/aromatic N) is 1. The third-order valence-electron chi connectivity index (χ3n) is 4.95. The summed E-state index contributed by atoms with van der Waals surface area (Å²) in [5.74, 6) is 0. The minimum absolute atomic E-state index is 0.247. The molecule has 0 aromatic carbocycles. The Labute approximate surface area is 125 Å². The predicted octanol–water partition coefficient (Wildman–Crippen LogP) is 3.21. The van der Waals surface area contributed by atoms with E-state index >= 15 is 0 Å². The van der Waals surface area contributed by atoms with Gasteiger partial charge in [-0.05, 0) is 39.7 Å². The summed E-state index contributed by atoms with van der Waals surface area (Å²) >= 11 is 0. The Morgan fingerprint density at radius 1 is 1.30 bits per heavy atom. The first kappa shape index (κ1) is 17.7. The fraction of sp³-hybridized carbons (Fsp3) is 0.882. The van der Waals surface area contributed by atoms with Gasteiger partial charge in [0.15, 0.2) is 0 Å². The largest absolute Gasteiger partial charge is 0.379 e. The fourth-order valence-electron chi connectivity index (χ4n) is 3.34. The van der Waals surface area contributed by atoms with Crippen molar-refractivity contribution in [1.29, 1.82) is 0 Å². The van der Waals surface area contributed by atoms with Gasteiger partial charge in [-0.1, -0.05) is 25.8 Å². The normalized spacial score (nSPS) is 21.4. The smallest absolute Gasteiger partial charge is 0.0594 e. The number of unbranched alkanes of at least 4 members (excludes halogenated alkanes) is 3. The molecule has 0 aromatic rings. The molecule has 0 saturated carbocycles. The van der Waals surface area contributed by atoms with Gasteiger partial charge >= 0.3 is 0 Å². The molecule has 0 aromatic heterocycles. The van der Waals surface area contributed by atoms with E-state index in [2.05, 4.69) is 37.7 Å². The van der Waals surface area contributed by atoms with Crippen LogP contribution in [0, 0.1) is 0 Å². The average molecular weight is 282 g/mol. The molecule has 1 rings (SSSR count). The van der Waals surface area contributed by atoms with Crippen molar-refractivity contribution in [1.82, 2.24) is 10.2 Å². The molecule has 0 aliphatic carbocycles. The quantitative estimate of drug-likeness (QED) is 0.492. The minimum Gasteiger partial charge on any atom is -0.379 e. The molecule has 3 heteroatoms. The lowest BCUT2D eigenvalue weighted by atomic mass is 9.83. The molecule has 2 atom stereocenters. The number of hydrogen-bond acceptors (Lipinski definition) is 3. The second-order valence-corrected chi connectivity index (χ2v) is 6.08. The van der Waals surface area contributed by atoms with Gasteiger partial charge in [0, 0.05) is 24.7 Å². The Balaban J connectivity index is 2.51. The second kappa shape index (κ2) is 9.54. The van der Waals surface area contributed by atoms with Crippen molar-refractivity contribution < 1.29 is 4.74 Å². The van der Waals surface area contributed by atoms with E-state index in [4.69, 9.17) is 4.74 Å². The summed E-state index contributed by atoms with van der Waals surface area (Å²) in [6, 6.07) is 0.564. The molecular formula is C17H34N2O. The molecule has 2 unspecified atom stereocenters. The maximum absolute atomic E-state index is 5.51. The van der Waals surface area contributed by atoms with E-state index in [0.717, 1.165) is 32.7 Å². The van der Waals surface area contributed by atoms with Crippen LogP contribution in [0.5, 0.6) is 0 Å². The van der Waals surface area contributed by atoms with E-state index in [0.29, 0.717) is 6.04 Å². The van der Waals surface area contributed by atoms with E-state index in [9.17, 15) is 0 Å². The van der Waals surface area contributed by atoms with Crippen molar-refractivity contribution in [2.45, 2.75) is 64.0 Å². The van der Waals surface area contributed by atoms with Gasteiger partial charge in [0.1, 0.15) is 0 Å². The summed E-state index contributed by atoms with van der Waals surface area (Å²) in [4.78, 5) is 2.63. The van der Waals surface area contributed by atoms with Crippen molar-refractivity contribution >= 4 is 0 Å². The van der Waals surface area contributed by atoms with E-state index in [1.54, 1.807) is 0 Å². The van der Waals surface area contributed by atoms with E-state index in [1.165, 1.54) is 32.1 Å². The van der Waals surface area contributed by atoms with E-state index in [-0.39, 0.29) is 5.54 Å². The number of allylic oxidation sites excluding steroid dienone is 1. The summed E-state index contributed by atoms with van der Waals surface area (Å²) in [5.41, 5.74) is 0.247. The molecular weight excluding hydrogens is 248 g/mol. The van der Waals surface area contributed by atoms with Gasteiger partial charge in [-0.15, -0.1) is 6.58 Å². The van der Waals surface area contributed by atoms with Crippen LogP contribution in [0.25, 0.3) is 0 Å². The molecule has 1 heterocycles. The molecule has 3 nitrogen and oxygen atoms in total. The van der Waals surface area contributed by atoms with Crippen LogP contribution in [-0.4, -0.2) is 49.8 Å². The summed E-state index contributed by atoms with van der Waals surface area (Å²) < 4.78 is 5.51. The first-order valence-electron chi connectivity index (χ1n) is 8.30. The van der Waals surface area contributed by atoms with Crippen molar-refractivity contribution in [3.63, 3.8) is 0 Å². The van der Waals surface area contributed by atoms with Crippen LogP contribution in [0.15, 0.2) is 12.7 Å². The molecule has 20 heavy (non-hydrogen) atoms. The molecule has 1 saturated heterocycles. The molecule has 0 radical (unpaired) electrons. The van der Waals surface area contributed by atoms with Crippen LogP contribution in [-0.2, 0) is 4.74 Å². The molecule has 0 bridgehead atoms. The van der Waals surface area contributed by atoms with Gasteiger partial charge in [-0.2, -0.15) is 0 Å². The fourth-order valence-corrected chi connectivity index (χ4v) is 3.34. The maximum atomic E-state index is 5.51. The van der Waals surface area contributed by atoms with Gasteiger partial charge in [-0.3, -0.25) is 4.90 Å².